The highest BCUT2D eigenvalue weighted by atomic mass is 32.2. The van der Waals surface area contributed by atoms with Crippen molar-refractivity contribution in [2.24, 2.45) is 0 Å². The highest BCUT2D eigenvalue weighted by molar-refractivity contribution is 7.99. The van der Waals surface area contributed by atoms with Gasteiger partial charge in [-0.2, -0.15) is 18.4 Å². The molecule has 2 aromatic rings. The molecule has 0 aliphatic rings. The van der Waals surface area contributed by atoms with E-state index in [1.165, 1.54) is 23.9 Å². The van der Waals surface area contributed by atoms with E-state index in [1.54, 1.807) is 37.3 Å². The van der Waals surface area contributed by atoms with Gasteiger partial charge in [-0.15, -0.1) is 0 Å². The second-order valence-electron chi connectivity index (χ2n) is 4.41. The summed E-state index contributed by atoms with van der Waals surface area (Å²) in [7, 11) is 0. The van der Waals surface area contributed by atoms with Crippen LogP contribution >= 0.6 is 11.8 Å². The molecule has 0 N–H and O–H groups in total. The molecule has 108 valence electrons. The highest BCUT2D eigenvalue weighted by Crippen LogP contribution is 2.36. The van der Waals surface area contributed by atoms with Crippen LogP contribution in [0.15, 0.2) is 52.3 Å². The summed E-state index contributed by atoms with van der Waals surface area (Å²) in [6.07, 6.45) is -4.00. The summed E-state index contributed by atoms with van der Waals surface area (Å²) < 4.78 is 39.0. The first-order valence-electron chi connectivity index (χ1n) is 6.32. The topological polar surface area (TPSA) is 23.8 Å². The molecular formula is C16H12F3NS. The molecule has 0 saturated carbocycles. The minimum atomic E-state index is -4.34. The highest BCUT2D eigenvalue weighted by Gasteiger charge is 2.33. The molecule has 0 unspecified atom stereocenters. The van der Waals surface area contributed by atoms with Crippen molar-refractivity contribution in [1.29, 1.82) is 5.26 Å². The van der Waals surface area contributed by atoms with Crippen LogP contribution in [0, 0.1) is 11.3 Å². The van der Waals surface area contributed by atoms with Gasteiger partial charge in [0.2, 0.25) is 0 Å². The number of nitriles is 1. The molecule has 0 amide bonds. The Balaban J connectivity index is 2.30. The third kappa shape index (κ3) is 3.79. The van der Waals surface area contributed by atoms with Crippen molar-refractivity contribution >= 4 is 11.8 Å². The van der Waals surface area contributed by atoms with Gasteiger partial charge in [0.05, 0.1) is 17.2 Å². The molecule has 2 rings (SSSR count). The zero-order valence-corrected chi connectivity index (χ0v) is 12.1. The maximum absolute atomic E-state index is 13.0. The molecule has 0 heterocycles. The zero-order chi connectivity index (χ0) is 15.5. The van der Waals surface area contributed by atoms with E-state index in [2.05, 4.69) is 0 Å². The molecule has 0 bridgehead atoms. The van der Waals surface area contributed by atoms with Crippen LogP contribution in [0.1, 0.15) is 23.6 Å². The van der Waals surface area contributed by atoms with Gasteiger partial charge in [-0.1, -0.05) is 24.8 Å². The van der Waals surface area contributed by atoms with Gasteiger partial charge in [-0.05, 0) is 48.4 Å². The fourth-order valence-electron chi connectivity index (χ4n) is 1.92. The van der Waals surface area contributed by atoms with Crippen molar-refractivity contribution < 1.29 is 13.2 Å². The molecule has 0 atom stereocenters. The minimum Gasteiger partial charge on any atom is -0.192 e. The van der Waals surface area contributed by atoms with Gasteiger partial charge in [0.15, 0.2) is 0 Å². The first kappa shape index (κ1) is 15.5. The van der Waals surface area contributed by atoms with Crippen molar-refractivity contribution in [3.05, 3.63) is 59.2 Å². The predicted octanol–water partition coefficient (Wildman–Crippen LogP) is 5.29. The molecule has 0 aliphatic carbocycles. The monoisotopic (exact) mass is 307 g/mol. The quantitative estimate of drug-likeness (QED) is 0.769. The van der Waals surface area contributed by atoms with E-state index in [0.29, 0.717) is 22.4 Å². The number of halogens is 3. The van der Waals surface area contributed by atoms with Crippen LogP contribution in [0.4, 0.5) is 13.2 Å². The Morgan fingerprint density at radius 2 is 1.67 bits per heavy atom. The van der Waals surface area contributed by atoms with Gasteiger partial charge >= 0.3 is 6.18 Å². The molecule has 0 saturated heterocycles. The zero-order valence-electron chi connectivity index (χ0n) is 11.2. The largest absolute Gasteiger partial charge is 0.416 e. The first-order chi connectivity index (χ1) is 9.94. The number of rotatable bonds is 3. The normalized spacial score (nSPS) is 11.2. The molecular weight excluding hydrogens is 295 g/mol. The Labute approximate surface area is 125 Å². The Bertz CT molecular complexity index is 669. The lowest BCUT2D eigenvalue weighted by molar-refractivity contribution is -0.138. The van der Waals surface area contributed by atoms with Crippen molar-refractivity contribution in [1.82, 2.24) is 0 Å². The van der Waals surface area contributed by atoms with E-state index in [-0.39, 0.29) is 0 Å². The van der Waals surface area contributed by atoms with E-state index in [0.717, 1.165) is 4.90 Å². The van der Waals surface area contributed by atoms with E-state index in [9.17, 15) is 13.2 Å². The summed E-state index contributed by atoms with van der Waals surface area (Å²) in [6, 6.07) is 13.1. The SMILES string of the molecule is CCc1ccc(Sc2ccc(C#N)cc2)cc1C(F)(F)F. The van der Waals surface area contributed by atoms with Crippen LogP contribution < -0.4 is 0 Å². The third-order valence-corrected chi connectivity index (χ3v) is 3.98. The summed E-state index contributed by atoms with van der Waals surface area (Å²) in [5.41, 5.74) is 0.243. The minimum absolute atomic E-state index is 0.298. The lowest BCUT2D eigenvalue weighted by Gasteiger charge is -2.13. The first-order valence-corrected chi connectivity index (χ1v) is 7.14. The average molecular weight is 307 g/mol. The molecule has 1 nitrogen and oxygen atoms in total. The van der Waals surface area contributed by atoms with E-state index in [1.807, 2.05) is 6.07 Å². The van der Waals surface area contributed by atoms with E-state index >= 15 is 0 Å². The van der Waals surface area contributed by atoms with Crippen molar-refractivity contribution in [3.63, 3.8) is 0 Å². The lowest BCUT2D eigenvalue weighted by atomic mass is 10.1. The van der Waals surface area contributed by atoms with E-state index < -0.39 is 11.7 Å². The fourth-order valence-corrected chi connectivity index (χ4v) is 2.78. The summed E-state index contributed by atoms with van der Waals surface area (Å²) in [6.45, 7) is 1.71. The summed E-state index contributed by atoms with van der Waals surface area (Å²) in [4.78, 5) is 1.33. The number of hydrogen-bond acceptors (Lipinski definition) is 2. The van der Waals surface area contributed by atoms with Crippen LogP contribution in [0.25, 0.3) is 0 Å². The number of alkyl halides is 3. The van der Waals surface area contributed by atoms with Crippen LogP contribution in [0.3, 0.4) is 0 Å². The molecule has 0 spiro atoms. The standard InChI is InChI=1S/C16H12F3NS/c1-2-12-5-8-14(9-15(12)16(17,18)19)21-13-6-3-11(10-20)4-7-13/h3-9H,2H2,1H3. The van der Waals surface area contributed by atoms with Crippen LogP contribution in [-0.4, -0.2) is 0 Å². The van der Waals surface area contributed by atoms with Gasteiger partial charge in [0, 0.05) is 9.79 Å². The van der Waals surface area contributed by atoms with Crippen LogP contribution in [-0.2, 0) is 12.6 Å². The van der Waals surface area contributed by atoms with Gasteiger partial charge in [-0.3, -0.25) is 0 Å². The Morgan fingerprint density at radius 1 is 1.05 bits per heavy atom. The van der Waals surface area contributed by atoms with Gasteiger partial charge in [0.1, 0.15) is 0 Å². The van der Waals surface area contributed by atoms with E-state index in [4.69, 9.17) is 5.26 Å². The van der Waals surface area contributed by atoms with Crippen LogP contribution in [0.2, 0.25) is 0 Å². The lowest BCUT2D eigenvalue weighted by Crippen LogP contribution is -2.08. The second kappa shape index (κ2) is 6.23. The summed E-state index contributed by atoms with van der Waals surface area (Å²) in [5, 5.41) is 8.72. The van der Waals surface area contributed by atoms with Gasteiger partial charge < -0.3 is 0 Å². The number of benzene rings is 2. The maximum atomic E-state index is 13.0. The van der Waals surface area contributed by atoms with Crippen LogP contribution in [0.5, 0.6) is 0 Å². The van der Waals surface area contributed by atoms with Gasteiger partial charge in [0.25, 0.3) is 0 Å². The number of aryl methyl sites for hydroxylation is 1. The molecule has 0 aromatic heterocycles. The second-order valence-corrected chi connectivity index (χ2v) is 5.56. The van der Waals surface area contributed by atoms with Crippen molar-refractivity contribution in [2.45, 2.75) is 29.3 Å². The average Bonchev–Trinajstić information content (AvgIpc) is 2.47. The number of nitrogens with zero attached hydrogens (tertiary/aromatic N) is 1. The van der Waals surface area contributed by atoms with Crippen molar-refractivity contribution in [2.75, 3.05) is 0 Å². The summed E-state index contributed by atoms with van der Waals surface area (Å²) in [5.74, 6) is 0. The Hall–Kier alpha value is -1.93. The Morgan fingerprint density at radius 3 is 2.19 bits per heavy atom. The summed E-state index contributed by atoms with van der Waals surface area (Å²) >= 11 is 1.25. The molecule has 0 radical (unpaired) electrons. The van der Waals surface area contributed by atoms with Crippen molar-refractivity contribution in [3.8, 4) is 6.07 Å². The maximum Gasteiger partial charge on any atom is 0.416 e. The predicted molar refractivity (Wildman–Crippen MR) is 76.1 cm³/mol. The third-order valence-electron chi connectivity index (χ3n) is 2.99. The number of hydrogen-bond donors (Lipinski definition) is 0. The smallest absolute Gasteiger partial charge is 0.192 e. The Kier molecular flexibility index (Phi) is 4.59. The molecule has 0 aliphatic heterocycles. The molecule has 2 aromatic carbocycles. The molecule has 5 heteroatoms. The van der Waals surface area contributed by atoms with Gasteiger partial charge in [-0.25, -0.2) is 0 Å². The molecule has 0 fully saturated rings. The molecule has 21 heavy (non-hydrogen) atoms. The fraction of sp³-hybridized carbons (Fsp3) is 0.188.